The van der Waals surface area contributed by atoms with Gasteiger partial charge in [0, 0.05) is 26.6 Å². The van der Waals surface area contributed by atoms with Crippen LogP contribution in [0.3, 0.4) is 0 Å². The quantitative estimate of drug-likeness (QED) is 0.867. The number of amides is 1. The van der Waals surface area contributed by atoms with Crippen molar-refractivity contribution < 1.29 is 23.8 Å². The van der Waals surface area contributed by atoms with Crippen molar-refractivity contribution in [3.05, 3.63) is 35.6 Å². The maximum absolute atomic E-state index is 13.3. The van der Waals surface area contributed by atoms with Crippen molar-refractivity contribution in [2.75, 3.05) is 26.8 Å². The van der Waals surface area contributed by atoms with Gasteiger partial charge in [0.2, 0.25) is 5.91 Å². The molecule has 1 amide bonds. The first kappa shape index (κ1) is 18.4. The second-order valence-electron chi connectivity index (χ2n) is 6.60. The van der Waals surface area contributed by atoms with Crippen LogP contribution in [0, 0.1) is 11.2 Å². The van der Waals surface area contributed by atoms with Gasteiger partial charge in [-0.3, -0.25) is 9.59 Å². The molecule has 0 aliphatic carbocycles. The van der Waals surface area contributed by atoms with Crippen LogP contribution in [0.2, 0.25) is 0 Å². The van der Waals surface area contributed by atoms with Crippen molar-refractivity contribution in [3.8, 4) is 0 Å². The molecule has 6 heteroatoms. The number of carbonyl (C=O) groups is 2. The Morgan fingerprint density at radius 1 is 1.46 bits per heavy atom. The fraction of sp³-hybridized carbons (Fsp3) is 0.556. The average Bonchev–Trinajstić information content (AvgIpc) is 2.55. The maximum atomic E-state index is 13.3. The third-order valence-corrected chi connectivity index (χ3v) is 4.70. The van der Waals surface area contributed by atoms with Crippen LogP contribution >= 0.6 is 0 Å². The Balaban J connectivity index is 2.05. The Morgan fingerprint density at radius 2 is 2.21 bits per heavy atom. The minimum Gasteiger partial charge on any atom is -0.481 e. The number of aliphatic carboxylic acids is 1. The van der Waals surface area contributed by atoms with Crippen LogP contribution in [0.1, 0.15) is 37.7 Å². The van der Waals surface area contributed by atoms with Crippen LogP contribution in [-0.4, -0.2) is 48.7 Å². The van der Waals surface area contributed by atoms with E-state index in [1.807, 2.05) is 6.92 Å². The van der Waals surface area contributed by atoms with E-state index in [4.69, 9.17) is 4.74 Å². The highest BCUT2D eigenvalue weighted by Crippen LogP contribution is 2.32. The zero-order valence-electron chi connectivity index (χ0n) is 14.1. The summed E-state index contributed by atoms with van der Waals surface area (Å²) in [6.45, 7) is 2.67. The molecule has 0 bridgehead atoms. The molecule has 0 spiro atoms. The van der Waals surface area contributed by atoms with Crippen LogP contribution in [-0.2, 0) is 14.3 Å². The molecule has 1 aliphatic heterocycles. The fourth-order valence-corrected chi connectivity index (χ4v) is 3.30. The third kappa shape index (κ3) is 4.12. The number of piperidine rings is 1. The van der Waals surface area contributed by atoms with E-state index in [2.05, 4.69) is 0 Å². The molecule has 1 fully saturated rings. The summed E-state index contributed by atoms with van der Waals surface area (Å²) in [4.78, 5) is 25.8. The number of nitrogens with zero attached hydrogens (tertiary/aromatic N) is 1. The van der Waals surface area contributed by atoms with E-state index in [9.17, 15) is 19.1 Å². The summed E-state index contributed by atoms with van der Waals surface area (Å²) in [5.74, 6) is -1.49. The van der Waals surface area contributed by atoms with Gasteiger partial charge in [-0.25, -0.2) is 4.39 Å². The van der Waals surface area contributed by atoms with Gasteiger partial charge in [0.05, 0.1) is 6.61 Å². The summed E-state index contributed by atoms with van der Waals surface area (Å²) in [5, 5.41) is 9.55. The average molecular weight is 337 g/mol. The summed E-state index contributed by atoms with van der Waals surface area (Å²) in [5.41, 5.74) is -0.271. The molecule has 0 aromatic heterocycles. The van der Waals surface area contributed by atoms with Gasteiger partial charge in [0.1, 0.15) is 11.2 Å². The lowest BCUT2D eigenvalue weighted by atomic mass is 9.80. The highest BCUT2D eigenvalue weighted by atomic mass is 19.1. The molecule has 1 saturated heterocycles. The van der Waals surface area contributed by atoms with E-state index >= 15 is 0 Å². The van der Waals surface area contributed by atoms with Crippen LogP contribution in [0.25, 0.3) is 0 Å². The van der Waals surface area contributed by atoms with Gasteiger partial charge >= 0.3 is 5.97 Å². The van der Waals surface area contributed by atoms with E-state index in [0.29, 0.717) is 19.4 Å². The number of methoxy groups -OCH3 is 1. The van der Waals surface area contributed by atoms with E-state index in [1.165, 1.54) is 19.2 Å². The predicted molar refractivity (Wildman–Crippen MR) is 87.2 cm³/mol. The SMILES string of the molecule is COCC1(C(=O)O)CCCN(C(=O)CC(C)c2cccc(F)c2)C1. The van der Waals surface area contributed by atoms with E-state index in [0.717, 1.165) is 5.56 Å². The topological polar surface area (TPSA) is 66.8 Å². The van der Waals surface area contributed by atoms with Gasteiger partial charge in [0.15, 0.2) is 0 Å². The summed E-state index contributed by atoms with van der Waals surface area (Å²) < 4.78 is 18.4. The monoisotopic (exact) mass is 337 g/mol. The zero-order valence-corrected chi connectivity index (χ0v) is 14.1. The Hall–Kier alpha value is -1.95. The van der Waals surface area contributed by atoms with Gasteiger partial charge < -0.3 is 14.7 Å². The second-order valence-corrected chi connectivity index (χ2v) is 6.60. The van der Waals surface area contributed by atoms with Crippen molar-refractivity contribution >= 4 is 11.9 Å². The van der Waals surface area contributed by atoms with Gasteiger partial charge in [-0.1, -0.05) is 19.1 Å². The molecule has 24 heavy (non-hydrogen) atoms. The Kier molecular flexibility index (Phi) is 5.94. The number of ether oxygens (including phenoxy) is 1. The fourth-order valence-electron chi connectivity index (χ4n) is 3.30. The highest BCUT2D eigenvalue weighted by molar-refractivity contribution is 5.80. The van der Waals surface area contributed by atoms with Crippen LogP contribution in [0.15, 0.2) is 24.3 Å². The summed E-state index contributed by atoms with van der Waals surface area (Å²) >= 11 is 0. The van der Waals surface area contributed by atoms with Gasteiger partial charge in [-0.2, -0.15) is 0 Å². The number of rotatable bonds is 6. The number of benzene rings is 1. The van der Waals surface area contributed by atoms with Crippen LogP contribution in [0.4, 0.5) is 4.39 Å². The molecule has 132 valence electrons. The first-order chi connectivity index (χ1) is 11.4. The van der Waals surface area contributed by atoms with Crippen LogP contribution < -0.4 is 0 Å². The molecule has 5 nitrogen and oxygen atoms in total. The minimum atomic E-state index is -1.04. The molecule has 2 atom stereocenters. The van der Waals surface area contributed by atoms with Crippen molar-refractivity contribution in [1.29, 1.82) is 0 Å². The van der Waals surface area contributed by atoms with Gasteiger partial charge in [0.25, 0.3) is 0 Å². The molecular weight excluding hydrogens is 313 g/mol. The zero-order chi connectivity index (χ0) is 17.7. The lowest BCUT2D eigenvalue weighted by molar-refractivity contribution is -0.159. The van der Waals surface area contributed by atoms with E-state index in [-0.39, 0.29) is 37.2 Å². The smallest absolute Gasteiger partial charge is 0.313 e. The molecule has 1 aliphatic rings. The summed E-state index contributed by atoms with van der Waals surface area (Å²) in [6.07, 6.45) is 1.36. The van der Waals surface area contributed by atoms with E-state index in [1.54, 1.807) is 17.0 Å². The third-order valence-electron chi connectivity index (χ3n) is 4.70. The Labute approximate surface area is 141 Å². The number of likely N-dealkylation sites (tertiary alicyclic amines) is 1. The van der Waals surface area contributed by atoms with Gasteiger partial charge in [-0.05, 0) is 36.5 Å². The molecule has 0 saturated carbocycles. The molecular formula is C18H24FNO4. The van der Waals surface area contributed by atoms with Crippen molar-refractivity contribution in [2.24, 2.45) is 5.41 Å². The summed E-state index contributed by atoms with van der Waals surface area (Å²) in [7, 11) is 1.47. The highest BCUT2D eigenvalue weighted by Gasteiger charge is 2.43. The molecule has 2 rings (SSSR count). The van der Waals surface area contributed by atoms with Gasteiger partial charge in [-0.15, -0.1) is 0 Å². The molecule has 0 radical (unpaired) electrons. The first-order valence-electron chi connectivity index (χ1n) is 8.13. The number of carboxylic acid groups (broad SMARTS) is 1. The largest absolute Gasteiger partial charge is 0.481 e. The molecule has 1 N–H and O–H groups in total. The number of carbonyl (C=O) groups excluding carboxylic acids is 1. The molecule has 2 unspecified atom stereocenters. The molecule has 1 aromatic carbocycles. The van der Waals surface area contributed by atoms with E-state index < -0.39 is 11.4 Å². The number of carboxylic acids is 1. The van der Waals surface area contributed by atoms with Crippen molar-refractivity contribution in [1.82, 2.24) is 4.90 Å². The standard InChI is InChI=1S/C18H24FNO4/c1-13(14-5-3-6-15(19)10-14)9-16(21)20-8-4-7-18(11-20,12-24-2)17(22)23/h3,5-6,10,13H,4,7-9,11-12H2,1-2H3,(H,22,23). The molecule has 1 heterocycles. The maximum Gasteiger partial charge on any atom is 0.313 e. The number of hydrogen-bond acceptors (Lipinski definition) is 3. The second kappa shape index (κ2) is 7.75. The Morgan fingerprint density at radius 3 is 2.83 bits per heavy atom. The van der Waals surface area contributed by atoms with Crippen molar-refractivity contribution in [3.63, 3.8) is 0 Å². The lowest BCUT2D eigenvalue weighted by Crippen LogP contribution is -2.52. The number of halogens is 1. The summed E-state index contributed by atoms with van der Waals surface area (Å²) in [6, 6.07) is 6.22. The van der Waals surface area contributed by atoms with Crippen LogP contribution in [0.5, 0.6) is 0 Å². The normalized spacial score (nSPS) is 22.2. The lowest BCUT2D eigenvalue weighted by Gasteiger charge is -2.39. The number of hydrogen-bond donors (Lipinski definition) is 1. The first-order valence-corrected chi connectivity index (χ1v) is 8.13. The minimum absolute atomic E-state index is 0.0889. The van der Waals surface area contributed by atoms with Crippen molar-refractivity contribution in [2.45, 2.75) is 32.1 Å². The molecule has 1 aromatic rings. The predicted octanol–water partition coefficient (Wildman–Crippen LogP) is 2.66. The Bertz CT molecular complexity index is 602.